The van der Waals surface area contributed by atoms with Crippen LogP contribution in [0.3, 0.4) is 0 Å². The second kappa shape index (κ2) is 9.66. The van der Waals surface area contributed by atoms with Crippen molar-refractivity contribution in [3.05, 3.63) is 60.4 Å². The molecule has 3 aromatic rings. The number of hydrogen-bond donors (Lipinski definition) is 1. The van der Waals surface area contributed by atoms with Gasteiger partial charge in [-0.05, 0) is 60.7 Å². The topological polar surface area (TPSA) is 113 Å². The Kier molecular flexibility index (Phi) is 6.34. The summed E-state index contributed by atoms with van der Waals surface area (Å²) in [5.74, 6) is 0.458. The maximum Gasteiger partial charge on any atom is 0.251 e. The molecule has 1 amide bonds. The van der Waals surface area contributed by atoms with Crippen molar-refractivity contribution >= 4 is 32.7 Å². The van der Waals surface area contributed by atoms with Crippen molar-refractivity contribution in [3.63, 3.8) is 0 Å². The first-order chi connectivity index (χ1) is 17.9. The third kappa shape index (κ3) is 4.69. The van der Waals surface area contributed by atoms with Gasteiger partial charge in [-0.15, -0.1) is 0 Å². The van der Waals surface area contributed by atoms with Crippen molar-refractivity contribution in [2.24, 2.45) is 17.6 Å². The highest BCUT2D eigenvalue weighted by Crippen LogP contribution is 2.51. The van der Waals surface area contributed by atoms with Gasteiger partial charge in [0.15, 0.2) is 0 Å². The Balaban J connectivity index is 1.22. The Hall–Kier alpha value is -3.08. The van der Waals surface area contributed by atoms with Crippen LogP contribution in [0.2, 0.25) is 0 Å². The Morgan fingerprint density at radius 3 is 2.32 bits per heavy atom. The third-order valence-corrected chi connectivity index (χ3v) is 9.99. The molecule has 9 nitrogen and oxygen atoms in total. The largest absolute Gasteiger partial charge is 0.366 e. The predicted octanol–water partition coefficient (Wildman–Crippen LogP) is 2.34. The average molecular weight is 521 g/mol. The fourth-order valence-corrected chi connectivity index (χ4v) is 7.75. The first-order valence-corrected chi connectivity index (χ1v) is 14.5. The number of primary amides is 1. The number of anilines is 1. The molecule has 3 heterocycles. The fraction of sp³-hybridized carbons (Fsp3) is 0.444. The minimum Gasteiger partial charge on any atom is -0.366 e. The van der Waals surface area contributed by atoms with Crippen molar-refractivity contribution < 1.29 is 13.2 Å². The van der Waals surface area contributed by atoms with Crippen molar-refractivity contribution in [3.8, 4) is 0 Å². The van der Waals surface area contributed by atoms with Crippen LogP contribution in [-0.2, 0) is 10.0 Å². The first kappa shape index (κ1) is 24.3. The molecule has 2 aromatic carbocycles. The van der Waals surface area contributed by atoms with Gasteiger partial charge in [-0.2, -0.15) is 4.31 Å². The van der Waals surface area contributed by atoms with E-state index in [-0.39, 0.29) is 23.4 Å². The van der Waals surface area contributed by atoms with E-state index in [2.05, 4.69) is 19.8 Å². The SMILES string of the molecule is NC(=O)c1cnc(N2CC3C(C2)C3N(CCN2CCCCC2)S(=O)(=O)c2ccc3ccccc3c2)nc1. The number of nitrogens with two attached hydrogens (primary N) is 1. The van der Waals surface area contributed by atoms with E-state index in [4.69, 9.17) is 5.73 Å². The molecule has 6 rings (SSSR count). The molecule has 2 atom stereocenters. The maximum atomic E-state index is 14.0. The molecule has 0 bridgehead atoms. The van der Waals surface area contributed by atoms with Gasteiger partial charge in [0.1, 0.15) is 0 Å². The molecule has 194 valence electrons. The summed E-state index contributed by atoms with van der Waals surface area (Å²) in [6.07, 6.45) is 6.49. The summed E-state index contributed by atoms with van der Waals surface area (Å²) in [4.78, 5) is 24.8. The van der Waals surface area contributed by atoms with Gasteiger partial charge < -0.3 is 15.5 Å². The van der Waals surface area contributed by atoms with E-state index >= 15 is 0 Å². The molecule has 37 heavy (non-hydrogen) atoms. The first-order valence-electron chi connectivity index (χ1n) is 13.0. The van der Waals surface area contributed by atoms with Crippen molar-refractivity contribution in [1.29, 1.82) is 0 Å². The quantitative estimate of drug-likeness (QED) is 0.485. The molecular weight excluding hydrogens is 488 g/mol. The van der Waals surface area contributed by atoms with E-state index in [9.17, 15) is 13.2 Å². The van der Waals surface area contributed by atoms with Crippen LogP contribution in [0.15, 0.2) is 59.8 Å². The monoisotopic (exact) mass is 520 g/mol. The van der Waals surface area contributed by atoms with Crippen LogP contribution < -0.4 is 10.6 Å². The Labute approximate surface area is 217 Å². The van der Waals surface area contributed by atoms with Gasteiger partial charge in [0.2, 0.25) is 16.0 Å². The minimum atomic E-state index is -3.66. The van der Waals surface area contributed by atoms with Crippen LogP contribution >= 0.6 is 0 Å². The average Bonchev–Trinajstić information content (AvgIpc) is 3.38. The smallest absolute Gasteiger partial charge is 0.251 e. The number of fused-ring (bicyclic) bond motifs is 2. The van der Waals surface area contributed by atoms with Crippen LogP contribution in [0.1, 0.15) is 29.6 Å². The highest BCUT2D eigenvalue weighted by atomic mass is 32.2. The summed E-state index contributed by atoms with van der Waals surface area (Å²) < 4.78 is 29.9. The summed E-state index contributed by atoms with van der Waals surface area (Å²) in [6, 6.07) is 13.3. The molecule has 2 saturated heterocycles. The van der Waals surface area contributed by atoms with Gasteiger partial charge >= 0.3 is 0 Å². The minimum absolute atomic E-state index is 0.0256. The van der Waals surface area contributed by atoms with Crippen LogP contribution in [0.5, 0.6) is 0 Å². The van der Waals surface area contributed by atoms with Crippen LogP contribution in [0, 0.1) is 11.8 Å². The molecule has 2 aliphatic heterocycles. The number of carbonyl (C=O) groups is 1. The van der Waals surface area contributed by atoms with Crippen LogP contribution in [0.25, 0.3) is 10.8 Å². The molecular formula is C27H32N6O3S. The molecule has 0 spiro atoms. The Morgan fingerprint density at radius 1 is 0.973 bits per heavy atom. The maximum absolute atomic E-state index is 14.0. The molecule has 1 aromatic heterocycles. The molecule has 0 radical (unpaired) electrons. The lowest BCUT2D eigenvalue weighted by atomic mass is 10.1. The number of aromatic nitrogens is 2. The van der Waals surface area contributed by atoms with Gasteiger partial charge in [-0.3, -0.25) is 4.79 Å². The van der Waals surface area contributed by atoms with E-state index < -0.39 is 15.9 Å². The molecule has 2 N–H and O–H groups in total. The number of sulfonamides is 1. The van der Waals surface area contributed by atoms with Crippen LogP contribution in [-0.4, -0.2) is 78.8 Å². The summed E-state index contributed by atoms with van der Waals surface area (Å²) in [5.41, 5.74) is 5.58. The molecule has 1 saturated carbocycles. The number of carbonyl (C=O) groups excluding carboxylic acids is 1. The lowest BCUT2D eigenvalue weighted by Crippen LogP contribution is -2.44. The molecule has 1 aliphatic carbocycles. The lowest BCUT2D eigenvalue weighted by molar-refractivity contribution is 0.0999. The summed E-state index contributed by atoms with van der Waals surface area (Å²) in [5, 5.41) is 1.96. The number of benzene rings is 2. The summed E-state index contributed by atoms with van der Waals surface area (Å²) in [7, 11) is -3.66. The molecule has 3 aliphatic rings. The highest BCUT2D eigenvalue weighted by molar-refractivity contribution is 7.89. The lowest BCUT2D eigenvalue weighted by Gasteiger charge is -2.31. The van der Waals surface area contributed by atoms with Crippen molar-refractivity contribution in [2.45, 2.75) is 30.2 Å². The Bertz CT molecular complexity index is 1400. The van der Waals surface area contributed by atoms with E-state index in [1.165, 1.54) is 31.7 Å². The van der Waals surface area contributed by atoms with E-state index in [1.807, 2.05) is 30.3 Å². The van der Waals surface area contributed by atoms with E-state index in [0.29, 0.717) is 30.5 Å². The second-order valence-electron chi connectivity index (χ2n) is 10.4. The number of rotatable bonds is 8. The summed E-state index contributed by atoms with van der Waals surface area (Å²) >= 11 is 0. The number of likely N-dealkylation sites (tertiary alicyclic amines) is 1. The third-order valence-electron chi connectivity index (χ3n) is 8.10. The van der Waals surface area contributed by atoms with Crippen molar-refractivity contribution in [1.82, 2.24) is 19.2 Å². The van der Waals surface area contributed by atoms with E-state index in [0.717, 1.165) is 30.4 Å². The Morgan fingerprint density at radius 2 is 1.65 bits per heavy atom. The number of amides is 1. The van der Waals surface area contributed by atoms with Gasteiger partial charge in [-0.25, -0.2) is 18.4 Å². The van der Waals surface area contributed by atoms with Crippen LogP contribution in [0.4, 0.5) is 5.95 Å². The molecule has 2 unspecified atom stereocenters. The van der Waals surface area contributed by atoms with Gasteiger partial charge in [0.25, 0.3) is 5.91 Å². The molecule has 3 fully saturated rings. The van der Waals surface area contributed by atoms with Gasteiger partial charge in [-0.1, -0.05) is 36.8 Å². The number of hydrogen-bond acceptors (Lipinski definition) is 7. The second-order valence-corrected chi connectivity index (χ2v) is 12.3. The standard InChI is InChI=1S/C27H32N6O3S/c28-26(34)21-15-29-27(30-16-21)32-17-23-24(18-32)25(23)33(13-12-31-10-4-1-5-11-31)37(35,36)22-9-8-19-6-2-3-7-20(19)14-22/h2-3,6-9,14-16,23-25H,1,4-5,10-13,17-18H2,(H2,28,34). The predicted molar refractivity (Wildman–Crippen MR) is 142 cm³/mol. The highest BCUT2D eigenvalue weighted by Gasteiger charge is 2.61. The number of nitrogens with zero attached hydrogens (tertiary/aromatic N) is 5. The fourth-order valence-electron chi connectivity index (χ4n) is 6.01. The zero-order valence-corrected chi connectivity index (χ0v) is 21.6. The normalized spacial score (nSPS) is 23.9. The van der Waals surface area contributed by atoms with E-state index in [1.54, 1.807) is 16.4 Å². The zero-order valence-electron chi connectivity index (χ0n) is 20.7. The number of piperidine rings is 2. The van der Waals surface area contributed by atoms with Gasteiger partial charge in [0, 0.05) is 44.6 Å². The van der Waals surface area contributed by atoms with Gasteiger partial charge in [0.05, 0.1) is 10.5 Å². The molecule has 10 heteroatoms. The summed E-state index contributed by atoms with van der Waals surface area (Å²) in [6.45, 7) is 4.71. The van der Waals surface area contributed by atoms with Crippen molar-refractivity contribution in [2.75, 3.05) is 44.2 Å². The zero-order chi connectivity index (χ0) is 25.6.